The molecule has 0 unspecified atom stereocenters. The minimum absolute atomic E-state index is 0.0112. The summed E-state index contributed by atoms with van der Waals surface area (Å²) < 4.78 is 4.75. The number of amides is 1. The van der Waals surface area contributed by atoms with E-state index in [1.54, 1.807) is 0 Å². The van der Waals surface area contributed by atoms with E-state index in [0.717, 1.165) is 0 Å². The van der Waals surface area contributed by atoms with Gasteiger partial charge in [-0.25, -0.2) is 4.79 Å². The van der Waals surface area contributed by atoms with Crippen molar-refractivity contribution >= 4 is 18.1 Å². The van der Waals surface area contributed by atoms with Crippen LogP contribution >= 0.6 is 0 Å². The number of aldehydes is 1. The van der Waals surface area contributed by atoms with E-state index in [1.165, 1.54) is 24.3 Å². The van der Waals surface area contributed by atoms with Gasteiger partial charge in [0.25, 0.3) is 5.69 Å². The molecule has 0 fully saturated rings. The summed E-state index contributed by atoms with van der Waals surface area (Å²) in [5.41, 5.74) is 0.594. The summed E-state index contributed by atoms with van der Waals surface area (Å²) in [6.07, 6.45) is -0.178. The van der Waals surface area contributed by atoms with Gasteiger partial charge in [-0.15, -0.1) is 0 Å². The molecule has 17 heavy (non-hydrogen) atoms. The summed E-state index contributed by atoms with van der Waals surface area (Å²) in [4.78, 5) is 30.8. The molecular weight excluding hydrogens is 228 g/mol. The average Bonchev–Trinajstić information content (AvgIpc) is 2.34. The molecule has 1 amide bonds. The first-order valence-electron chi connectivity index (χ1n) is 4.71. The van der Waals surface area contributed by atoms with Gasteiger partial charge in [-0.05, 0) is 17.7 Å². The predicted molar refractivity (Wildman–Crippen MR) is 57.3 cm³/mol. The molecule has 0 spiro atoms. The maximum atomic E-state index is 10.9. The van der Waals surface area contributed by atoms with Crippen molar-refractivity contribution in [3.05, 3.63) is 39.9 Å². The maximum Gasteiger partial charge on any atom is 0.407 e. The number of nitro groups is 1. The Kier molecular flexibility index (Phi) is 4.61. The fraction of sp³-hybridized carbons (Fsp3) is 0.200. The van der Waals surface area contributed by atoms with Crippen LogP contribution in [-0.4, -0.2) is 23.8 Å². The Hall–Kier alpha value is -2.44. The van der Waals surface area contributed by atoms with Crippen molar-refractivity contribution in [2.75, 3.05) is 6.54 Å². The van der Waals surface area contributed by atoms with E-state index in [-0.39, 0.29) is 18.8 Å². The molecule has 1 N–H and O–H groups in total. The Morgan fingerprint density at radius 1 is 1.41 bits per heavy atom. The van der Waals surface area contributed by atoms with Crippen molar-refractivity contribution in [3.63, 3.8) is 0 Å². The third-order valence-electron chi connectivity index (χ3n) is 1.85. The average molecular weight is 238 g/mol. The largest absolute Gasteiger partial charge is 0.445 e. The molecular formula is C10H10N2O5. The molecule has 0 aromatic heterocycles. The van der Waals surface area contributed by atoms with Gasteiger partial charge >= 0.3 is 6.09 Å². The highest BCUT2D eigenvalue weighted by molar-refractivity contribution is 5.70. The van der Waals surface area contributed by atoms with Crippen LogP contribution in [0.4, 0.5) is 10.5 Å². The number of nitrogens with zero attached hydrogens (tertiary/aromatic N) is 1. The third kappa shape index (κ3) is 4.29. The molecule has 0 atom stereocenters. The molecule has 0 saturated carbocycles. The number of carbonyl (C=O) groups excluding carboxylic acids is 2. The lowest BCUT2D eigenvalue weighted by molar-refractivity contribution is -0.384. The van der Waals surface area contributed by atoms with E-state index in [9.17, 15) is 19.7 Å². The van der Waals surface area contributed by atoms with Gasteiger partial charge in [-0.1, -0.05) is 0 Å². The zero-order valence-electron chi connectivity index (χ0n) is 8.79. The van der Waals surface area contributed by atoms with E-state index >= 15 is 0 Å². The molecule has 0 heterocycles. The van der Waals surface area contributed by atoms with Crippen LogP contribution in [0.15, 0.2) is 24.3 Å². The zero-order chi connectivity index (χ0) is 12.7. The van der Waals surface area contributed by atoms with Crippen molar-refractivity contribution in [3.8, 4) is 0 Å². The van der Waals surface area contributed by atoms with Gasteiger partial charge < -0.3 is 14.8 Å². The highest BCUT2D eigenvalue weighted by Crippen LogP contribution is 2.12. The van der Waals surface area contributed by atoms with Crippen LogP contribution in [0.2, 0.25) is 0 Å². The van der Waals surface area contributed by atoms with E-state index < -0.39 is 11.0 Å². The molecule has 90 valence electrons. The predicted octanol–water partition coefficient (Wildman–Crippen LogP) is 1.02. The second-order valence-electron chi connectivity index (χ2n) is 3.05. The number of alkyl carbamates (subject to hydrolysis) is 1. The SMILES string of the molecule is O=CCNC(=O)OCc1ccc([N+](=O)[O-])cc1. The fourth-order valence-electron chi connectivity index (χ4n) is 1.04. The highest BCUT2D eigenvalue weighted by atomic mass is 16.6. The minimum Gasteiger partial charge on any atom is -0.445 e. The molecule has 1 aromatic carbocycles. The van der Waals surface area contributed by atoms with Gasteiger partial charge in [0, 0.05) is 12.1 Å². The van der Waals surface area contributed by atoms with Crippen molar-refractivity contribution in [2.45, 2.75) is 6.61 Å². The first kappa shape index (κ1) is 12.6. The summed E-state index contributed by atoms with van der Waals surface area (Å²) in [6, 6.07) is 5.63. The molecule has 0 saturated heterocycles. The first-order valence-corrected chi connectivity index (χ1v) is 4.71. The number of carbonyl (C=O) groups is 2. The van der Waals surface area contributed by atoms with E-state index in [4.69, 9.17) is 4.74 Å². The number of benzene rings is 1. The molecule has 7 heteroatoms. The second kappa shape index (κ2) is 6.21. The first-order chi connectivity index (χ1) is 8.13. The Balaban J connectivity index is 2.44. The second-order valence-corrected chi connectivity index (χ2v) is 3.05. The van der Waals surface area contributed by atoms with Crippen LogP contribution in [-0.2, 0) is 16.1 Å². The van der Waals surface area contributed by atoms with Crippen LogP contribution in [0.3, 0.4) is 0 Å². The molecule has 0 bridgehead atoms. The minimum atomic E-state index is -0.713. The number of hydrogen-bond donors (Lipinski definition) is 1. The van der Waals surface area contributed by atoms with Crippen LogP contribution in [0, 0.1) is 10.1 Å². The van der Waals surface area contributed by atoms with Gasteiger partial charge in [0.05, 0.1) is 11.5 Å². The van der Waals surface area contributed by atoms with E-state index in [0.29, 0.717) is 11.8 Å². The summed E-state index contributed by atoms with van der Waals surface area (Å²) in [5, 5.41) is 12.6. The summed E-state index contributed by atoms with van der Waals surface area (Å²) in [7, 11) is 0. The van der Waals surface area contributed by atoms with Gasteiger partial charge in [-0.3, -0.25) is 10.1 Å². The molecule has 0 aliphatic heterocycles. The lowest BCUT2D eigenvalue weighted by atomic mass is 10.2. The van der Waals surface area contributed by atoms with E-state index in [1.807, 2.05) is 0 Å². The van der Waals surface area contributed by atoms with E-state index in [2.05, 4.69) is 5.32 Å². The Morgan fingerprint density at radius 2 is 2.06 bits per heavy atom. The van der Waals surface area contributed by atoms with Gasteiger partial charge in [0.15, 0.2) is 0 Å². The molecule has 0 aliphatic carbocycles. The van der Waals surface area contributed by atoms with Gasteiger partial charge in [0.2, 0.25) is 0 Å². The fourth-order valence-corrected chi connectivity index (χ4v) is 1.04. The van der Waals surface area contributed by atoms with Crippen molar-refractivity contribution in [1.82, 2.24) is 5.32 Å². The molecule has 0 aliphatic rings. The maximum absolute atomic E-state index is 10.9. The Labute approximate surface area is 96.5 Å². The van der Waals surface area contributed by atoms with Crippen molar-refractivity contribution in [1.29, 1.82) is 0 Å². The normalized spacial score (nSPS) is 9.41. The van der Waals surface area contributed by atoms with Crippen LogP contribution in [0.25, 0.3) is 0 Å². The van der Waals surface area contributed by atoms with Crippen LogP contribution in [0.5, 0.6) is 0 Å². The lowest BCUT2D eigenvalue weighted by Crippen LogP contribution is -2.25. The monoisotopic (exact) mass is 238 g/mol. The summed E-state index contributed by atoms with van der Waals surface area (Å²) >= 11 is 0. The lowest BCUT2D eigenvalue weighted by Gasteiger charge is -2.04. The number of hydrogen-bond acceptors (Lipinski definition) is 5. The summed E-state index contributed by atoms with van der Waals surface area (Å²) in [5.74, 6) is 0. The number of nitrogens with one attached hydrogen (secondary N) is 1. The Morgan fingerprint density at radius 3 is 2.59 bits per heavy atom. The van der Waals surface area contributed by atoms with Crippen molar-refractivity contribution < 1.29 is 19.2 Å². The number of rotatable bonds is 5. The van der Waals surface area contributed by atoms with Crippen LogP contribution in [0.1, 0.15) is 5.56 Å². The number of ether oxygens (including phenoxy) is 1. The standard InChI is InChI=1S/C10H10N2O5/c13-6-5-11-10(14)17-7-8-1-3-9(4-2-8)12(15)16/h1-4,6H,5,7H2,(H,11,14). The Bertz CT molecular complexity index is 415. The molecule has 7 nitrogen and oxygen atoms in total. The van der Waals surface area contributed by atoms with Crippen molar-refractivity contribution in [2.24, 2.45) is 0 Å². The molecule has 0 radical (unpaired) electrons. The third-order valence-corrected chi connectivity index (χ3v) is 1.85. The smallest absolute Gasteiger partial charge is 0.407 e. The van der Waals surface area contributed by atoms with Gasteiger partial charge in [-0.2, -0.15) is 0 Å². The van der Waals surface area contributed by atoms with Gasteiger partial charge in [0.1, 0.15) is 12.9 Å². The number of nitro benzene ring substituents is 1. The molecule has 1 aromatic rings. The zero-order valence-corrected chi connectivity index (χ0v) is 8.79. The van der Waals surface area contributed by atoms with Crippen LogP contribution < -0.4 is 5.32 Å². The summed E-state index contributed by atoms with van der Waals surface area (Å²) in [6.45, 7) is -0.123. The quantitative estimate of drug-likeness (QED) is 0.469. The molecule has 1 rings (SSSR count). The highest BCUT2D eigenvalue weighted by Gasteiger charge is 2.05. The number of non-ortho nitro benzene ring substituents is 1. The topological polar surface area (TPSA) is 98.5 Å².